The predicted molar refractivity (Wildman–Crippen MR) is 106 cm³/mol. The summed E-state index contributed by atoms with van der Waals surface area (Å²) in [7, 11) is 0. The Morgan fingerprint density at radius 3 is 2.67 bits per heavy atom. The van der Waals surface area contributed by atoms with Crippen LogP contribution in [-0.2, 0) is 10.2 Å². The Bertz CT molecular complexity index is 778. The van der Waals surface area contributed by atoms with E-state index in [0.29, 0.717) is 18.0 Å². The summed E-state index contributed by atoms with van der Waals surface area (Å²) in [6, 6.07) is 12.0. The molecule has 0 aromatic heterocycles. The minimum atomic E-state index is -0.123. The maximum Gasteiger partial charge on any atom is 0.227 e. The van der Waals surface area contributed by atoms with Crippen LogP contribution in [0, 0.1) is 22.7 Å². The lowest BCUT2D eigenvalue weighted by atomic mass is 9.63. The fraction of sp³-hybridized carbons (Fsp3) is 0.708. The predicted octanol–water partition coefficient (Wildman–Crippen LogP) is 3.78. The van der Waals surface area contributed by atoms with E-state index < -0.39 is 0 Å². The van der Waals surface area contributed by atoms with Crippen molar-refractivity contribution >= 4 is 5.91 Å². The molecule has 1 aliphatic heterocycles. The topological polar surface area (TPSA) is 41.1 Å². The molecule has 1 aromatic rings. The number of amides is 1. The molecule has 5 unspecified atom stereocenters. The van der Waals surface area contributed by atoms with Crippen LogP contribution in [0.4, 0.5) is 0 Å². The standard InChI is InChI=1S/C24H32N2O/c1-2-23-11-17-10-22(14-23,18-6-4-3-5-7-18)15-24(23,12-17)21(27)26-20-9-16-8-19(20)25-13-16/h3-7,16-17,19-20,25H,2,8-15H2,1H3,(H,26,27)/t16?,17?,19?,20?,22-,23-,24?/m1/s1. The van der Waals surface area contributed by atoms with E-state index in [0.717, 1.165) is 37.6 Å². The lowest BCUT2D eigenvalue weighted by Crippen LogP contribution is -2.54. The largest absolute Gasteiger partial charge is 0.351 e. The van der Waals surface area contributed by atoms with E-state index in [-0.39, 0.29) is 16.2 Å². The van der Waals surface area contributed by atoms with Gasteiger partial charge >= 0.3 is 0 Å². The molecule has 3 nitrogen and oxygen atoms in total. The number of benzene rings is 1. The van der Waals surface area contributed by atoms with Gasteiger partial charge in [-0.2, -0.15) is 0 Å². The minimum Gasteiger partial charge on any atom is -0.351 e. The summed E-state index contributed by atoms with van der Waals surface area (Å²) < 4.78 is 0. The van der Waals surface area contributed by atoms with E-state index in [1.807, 2.05) is 0 Å². The lowest BCUT2D eigenvalue weighted by Gasteiger charge is -2.41. The summed E-state index contributed by atoms with van der Waals surface area (Å²) >= 11 is 0. The zero-order chi connectivity index (χ0) is 18.3. The molecule has 1 amide bonds. The second kappa shape index (κ2) is 5.37. The second-order valence-corrected chi connectivity index (χ2v) is 10.6. The number of fused-ring (bicyclic) bond motifs is 2. The van der Waals surface area contributed by atoms with Crippen molar-refractivity contribution in [2.24, 2.45) is 22.7 Å². The third-order valence-electron chi connectivity index (χ3n) is 9.47. The van der Waals surface area contributed by atoms with Crippen LogP contribution >= 0.6 is 0 Å². The molecule has 6 fully saturated rings. The first-order valence-corrected chi connectivity index (χ1v) is 11.2. The first-order chi connectivity index (χ1) is 13.1. The average Bonchev–Trinajstić information content (AvgIpc) is 3.39. The van der Waals surface area contributed by atoms with Gasteiger partial charge in [-0.05, 0) is 86.1 Å². The molecule has 5 aliphatic carbocycles. The van der Waals surface area contributed by atoms with Crippen LogP contribution in [0.1, 0.15) is 63.9 Å². The van der Waals surface area contributed by atoms with E-state index in [4.69, 9.17) is 0 Å². The summed E-state index contributed by atoms with van der Waals surface area (Å²) in [6.07, 6.45) is 9.60. The van der Waals surface area contributed by atoms with Crippen molar-refractivity contribution in [1.29, 1.82) is 0 Å². The second-order valence-electron chi connectivity index (χ2n) is 10.6. The van der Waals surface area contributed by atoms with Crippen molar-refractivity contribution in [2.45, 2.75) is 75.8 Å². The van der Waals surface area contributed by atoms with Crippen LogP contribution in [0.2, 0.25) is 0 Å². The van der Waals surface area contributed by atoms with E-state index >= 15 is 0 Å². The highest BCUT2D eigenvalue weighted by Crippen LogP contribution is 2.77. The summed E-state index contributed by atoms with van der Waals surface area (Å²) in [4.78, 5) is 13.8. The maximum atomic E-state index is 13.8. The monoisotopic (exact) mass is 364 g/mol. The van der Waals surface area contributed by atoms with Gasteiger partial charge in [0, 0.05) is 12.1 Å². The first-order valence-electron chi connectivity index (χ1n) is 11.2. The quantitative estimate of drug-likeness (QED) is 0.854. The molecule has 144 valence electrons. The number of hydrogen-bond donors (Lipinski definition) is 2. The van der Waals surface area contributed by atoms with Crippen LogP contribution in [0.25, 0.3) is 0 Å². The summed E-state index contributed by atoms with van der Waals surface area (Å²) in [5.41, 5.74) is 1.83. The fourth-order valence-corrected chi connectivity index (χ4v) is 8.61. The third kappa shape index (κ3) is 2.04. The van der Waals surface area contributed by atoms with Crippen molar-refractivity contribution in [1.82, 2.24) is 10.6 Å². The molecular weight excluding hydrogens is 332 g/mol. The number of carbonyl (C=O) groups is 1. The molecule has 27 heavy (non-hydrogen) atoms. The van der Waals surface area contributed by atoms with Gasteiger partial charge in [0.2, 0.25) is 5.91 Å². The van der Waals surface area contributed by atoms with Crippen molar-refractivity contribution in [2.75, 3.05) is 6.54 Å². The number of hydrogen-bond acceptors (Lipinski definition) is 2. The smallest absolute Gasteiger partial charge is 0.227 e. The van der Waals surface area contributed by atoms with Crippen molar-refractivity contribution in [3.05, 3.63) is 35.9 Å². The summed E-state index contributed by atoms with van der Waals surface area (Å²) in [5, 5.41) is 7.20. The highest BCUT2D eigenvalue weighted by Gasteiger charge is 2.73. The van der Waals surface area contributed by atoms with Gasteiger partial charge in [0.1, 0.15) is 0 Å². The van der Waals surface area contributed by atoms with E-state index in [9.17, 15) is 4.79 Å². The van der Waals surface area contributed by atoms with Crippen LogP contribution in [0.15, 0.2) is 30.3 Å². The third-order valence-corrected chi connectivity index (χ3v) is 9.47. The highest BCUT2D eigenvalue weighted by molar-refractivity contribution is 5.86. The van der Waals surface area contributed by atoms with E-state index in [2.05, 4.69) is 47.9 Å². The van der Waals surface area contributed by atoms with Gasteiger partial charge in [0.05, 0.1) is 5.41 Å². The zero-order valence-corrected chi connectivity index (χ0v) is 16.5. The number of rotatable bonds is 4. The molecule has 7 rings (SSSR count). The van der Waals surface area contributed by atoms with Crippen molar-refractivity contribution < 1.29 is 4.79 Å². The Labute approximate surface area is 162 Å². The van der Waals surface area contributed by atoms with Gasteiger partial charge in [0.15, 0.2) is 0 Å². The number of piperidine rings is 1. The molecule has 1 saturated heterocycles. The molecular formula is C24H32N2O. The first kappa shape index (κ1) is 16.6. The van der Waals surface area contributed by atoms with Gasteiger partial charge < -0.3 is 10.6 Å². The van der Waals surface area contributed by atoms with Crippen molar-refractivity contribution in [3.63, 3.8) is 0 Å². The molecule has 3 heteroatoms. The van der Waals surface area contributed by atoms with Crippen LogP contribution < -0.4 is 10.6 Å². The van der Waals surface area contributed by atoms with E-state index in [1.165, 1.54) is 37.7 Å². The highest BCUT2D eigenvalue weighted by atomic mass is 16.2. The average molecular weight is 365 g/mol. The van der Waals surface area contributed by atoms with Gasteiger partial charge in [-0.1, -0.05) is 37.3 Å². The molecule has 5 saturated carbocycles. The molecule has 0 spiro atoms. The summed E-state index contributed by atoms with van der Waals surface area (Å²) in [5.74, 6) is 1.92. The molecule has 1 aromatic carbocycles. The van der Waals surface area contributed by atoms with Crippen LogP contribution in [0.5, 0.6) is 0 Å². The van der Waals surface area contributed by atoms with Gasteiger partial charge in [-0.25, -0.2) is 0 Å². The Balaban J connectivity index is 1.35. The molecule has 6 aliphatic rings. The Morgan fingerprint density at radius 2 is 1.96 bits per heavy atom. The van der Waals surface area contributed by atoms with Crippen molar-refractivity contribution in [3.8, 4) is 0 Å². The molecule has 1 heterocycles. The number of nitrogens with one attached hydrogen (secondary N) is 2. The normalized spacial score (nSPS) is 49.1. The van der Waals surface area contributed by atoms with Crippen LogP contribution in [0.3, 0.4) is 0 Å². The Hall–Kier alpha value is -1.35. The van der Waals surface area contributed by atoms with E-state index in [1.54, 1.807) is 0 Å². The fourth-order valence-electron chi connectivity index (χ4n) is 8.61. The number of carbonyl (C=O) groups excluding carboxylic acids is 1. The molecule has 0 radical (unpaired) electrons. The zero-order valence-electron chi connectivity index (χ0n) is 16.5. The van der Waals surface area contributed by atoms with Gasteiger partial charge in [-0.15, -0.1) is 0 Å². The molecule has 6 bridgehead atoms. The summed E-state index contributed by atoms with van der Waals surface area (Å²) in [6.45, 7) is 3.50. The van der Waals surface area contributed by atoms with Gasteiger partial charge in [0.25, 0.3) is 0 Å². The Kier molecular flexibility index (Phi) is 3.30. The lowest BCUT2D eigenvalue weighted by molar-refractivity contribution is -0.137. The Morgan fingerprint density at radius 1 is 1.11 bits per heavy atom. The van der Waals surface area contributed by atoms with Gasteiger partial charge in [-0.3, -0.25) is 4.79 Å². The molecule has 2 N–H and O–H groups in total. The SMILES string of the molecule is CC[C@]12CC3CC1(C(=O)NC1CC4CNC1C4)C[C@@](c1ccccc1)(C3)C2. The minimum absolute atomic E-state index is 0.123. The maximum absolute atomic E-state index is 13.8. The van der Waals surface area contributed by atoms with Crippen LogP contribution in [-0.4, -0.2) is 24.5 Å². The molecule has 7 atom stereocenters.